The van der Waals surface area contributed by atoms with Crippen LogP contribution < -0.4 is 10.6 Å². The van der Waals surface area contributed by atoms with Crippen LogP contribution in [0, 0.1) is 11.3 Å². The first-order chi connectivity index (χ1) is 13.2. The number of amides is 2. The Kier molecular flexibility index (Phi) is 10.1. The van der Waals surface area contributed by atoms with Crippen LogP contribution in [0.25, 0.3) is 0 Å². The van der Waals surface area contributed by atoms with Crippen molar-refractivity contribution in [3.8, 4) is 0 Å². The Hall–Kier alpha value is -1.08. The molecule has 0 aromatic rings. The zero-order valence-corrected chi connectivity index (χ0v) is 22.1. The molecule has 2 N–H and O–H groups in total. The van der Waals surface area contributed by atoms with Gasteiger partial charge in [0.2, 0.25) is 13.8 Å². The van der Waals surface area contributed by atoms with Crippen molar-refractivity contribution in [2.75, 3.05) is 27.3 Å². The van der Waals surface area contributed by atoms with Crippen LogP contribution in [-0.2, 0) is 4.79 Å². The molecule has 0 saturated heterocycles. The average molecular weight is 424 g/mol. The number of nitrogens with one attached hydrogen (secondary N) is 2. The van der Waals surface area contributed by atoms with Gasteiger partial charge in [-0.1, -0.05) is 27.7 Å². The molecule has 30 heavy (non-hydrogen) atoms. The number of nitrogens with zero attached hydrogens (tertiary/aromatic N) is 2. The lowest BCUT2D eigenvalue weighted by molar-refractivity contribution is -0.122. The van der Waals surface area contributed by atoms with Crippen molar-refractivity contribution < 1.29 is 9.59 Å². The fourth-order valence-electron chi connectivity index (χ4n) is 4.12. The molecular formula is C23H49BN4O2. The summed E-state index contributed by atoms with van der Waals surface area (Å²) >= 11 is 0. The van der Waals surface area contributed by atoms with E-state index in [0.717, 1.165) is 13.1 Å². The Labute approximate surface area is 187 Å². The van der Waals surface area contributed by atoms with Crippen LogP contribution in [-0.4, -0.2) is 73.3 Å². The second-order valence-electron chi connectivity index (χ2n) is 12.2. The standard InChI is InChI=1S/C23H49BN4O2/c1-17(13-20(2,3)4)23(9,10)28(12)16-27(11)22(7,8)15-21(5,6)26-18(29)14-25-19(24)30/h17H,13-16,24H2,1-12H3,(H,25,30)(H,26,29). The first-order valence-electron chi connectivity index (χ1n) is 11.2. The van der Waals surface area contributed by atoms with Gasteiger partial charge in [-0.05, 0) is 79.8 Å². The number of hydrogen-bond acceptors (Lipinski definition) is 4. The Morgan fingerprint density at radius 1 is 0.933 bits per heavy atom. The molecule has 1 unspecified atom stereocenters. The maximum absolute atomic E-state index is 12.2. The van der Waals surface area contributed by atoms with Crippen LogP contribution in [0.5, 0.6) is 0 Å². The Morgan fingerprint density at radius 3 is 1.87 bits per heavy atom. The molecule has 0 radical (unpaired) electrons. The number of carbonyl (C=O) groups is 2. The zero-order chi connectivity index (χ0) is 24.1. The van der Waals surface area contributed by atoms with E-state index >= 15 is 0 Å². The van der Waals surface area contributed by atoms with Gasteiger partial charge in [-0.3, -0.25) is 19.4 Å². The zero-order valence-electron chi connectivity index (χ0n) is 22.1. The summed E-state index contributed by atoms with van der Waals surface area (Å²) in [5, 5.41) is 5.61. The van der Waals surface area contributed by atoms with Gasteiger partial charge < -0.3 is 10.6 Å². The van der Waals surface area contributed by atoms with E-state index in [9.17, 15) is 9.59 Å². The van der Waals surface area contributed by atoms with E-state index in [1.807, 2.05) is 13.8 Å². The summed E-state index contributed by atoms with van der Waals surface area (Å²) in [6, 6.07) is 0. The molecule has 0 aliphatic rings. The largest absolute Gasteiger partial charge is 0.356 e. The van der Waals surface area contributed by atoms with E-state index in [1.54, 1.807) is 0 Å². The second kappa shape index (κ2) is 10.5. The molecule has 0 spiro atoms. The maximum atomic E-state index is 12.2. The Balaban J connectivity index is 5.04. The summed E-state index contributed by atoms with van der Waals surface area (Å²) in [6.07, 6.45) is 1.96. The highest BCUT2D eigenvalue weighted by Gasteiger charge is 2.37. The molecule has 0 fully saturated rings. The van der Waals surface area contributed by atoms with Crippen molar-refractivity contribution in [3.63, 3.8) is 0 Å². The van der Waals surface area contributed by atoms with E-state index in [4.69, 9.17) is 0 Å². The highest BCUT2D eigenvalue weighted by atomic mass is 16.2. The molecule has 0 saturated carbocycles. The lowest BCUT2D eigenvalue weighted by Crippen LogP contribution is -2.58. The van der Waals surface area contributed by atoms with Crippen LogP contribution in [0.1, 0.15) is 82.1 Å². The predicted molar refractivity (Wildman–Crippen MR) is 131 cm³/mol. The van der Waals surface area contributed by atoms with Gasteiger partial charge in [-0.15, -0.1) is 0 Å². The van der Waals surface area contributed by atoms with E-state index in [0.29, 0.717) is 11.3 Å². The molecule has 7 heteroatoms. The molecule has 1 atom stereocenters. The van der Waals surface area contributed by atoms with Crippen LogP contribution in [0.3, 0.4) is 0 Å². The molecule has 2 amide bonds. The SMILES string of the molecule is BC(=O)NCC(=O)NC(C)(C)CC(C)(C)N(C)CN(C)C(C)(C)C(C)CC(C)(C)C. The van der Waals surface area contributed by atoms with Crippen LogP contribution >= 0.6 is 0 Å². The lowest BCUT2D eigenvalue weighted by atomic mass is 9.76. The smallest absolute Gasteiger partial charge is 0.239 e. The summed E-state index contributed by atoms with van der Waals surface area (Å²) in [4.78, 5) is 28.0. The fraction of sp³-hybridized carbons (Fsp3) is 0.913. The minimum Gasteiger partial charge on any atom is -0.356 e. The quantitative estimate of drug-likeness (QED) is 0.395. The van der Waals surface area contributed by atoms with Crippen molar-refractivity contribution in [1.29, 1.82) is 0 Å². The lowest BCUT2D eigenvalue weighted by Gasteiger charge is -2.48. The van der Waals surface area contributed by atoms with Gasteiger partial charge in [-0.25, -0.2) is 0 Å². The van der Waals surface area contributed by atoms with Crippen LogP contribution in [0.2, 0.25) is 0 Å². The number of hydrogen-bond donors (Lipinski definition) is 2. The molecule has 0 bridgehead atoms. The highest BCUT2D eigenvalue weighted by Crippen LogP contribution is 2.34. The molecule has 0 heterocycles. The molecule has 0 aromatic heterocycles. The monoisotopic (exact) mass is 424 g/mol. The first kappa shape index (κ1) is 28.9. The molecule has 0 rings (SSSR count). The normalized spacial score (nSPS) is 14.7. The van der Waals surface area contributed by atoms with Crippen LogP contribution in [0.15, 0.2) is 0 Å². The van der Waals surface area contributed by atoms with Gasteiger partial charge in [-0.2, -0.15) is 0 Å². The van der Waals surface area contributed by atoms with Crippen molar-refractivity contribution >= 4 is 19.6 Å². The highest BCUT2D eigenvalue weighted by molar-refractivity contribution is 6.57. The van der Waals surface area contributed by atoms with Crippen LogP contribution in [0.4, 0.5) is 4.79 Å². The summed E-state index contributed by atoms with van der Waals surface area (Å²) in [7, 11) is 5.76. The summed E-state index contributed by atoms with van der Waals surface area (Å²) in [5.41, 5.74) is -0.134. The minimum absolute atomic E-state index is 0.0115. The van der Waals surface area contributed by atoms with Crippen molar-refractivity contribution in [2.24, 2.45) is 11.3 Å². The van der Waals surface area contributed by atoms with Gasteiger partial charge in [0.1, 0.15) is 0 Å². The molecule has 0 aliphatic carbocycles. The van der Waals surface area contributed by atoms with E-state index < -0.39 is 0 Å². The molecule has 6 nitrogen and oxygen atoms in total. The minimum atomic E-state index is -0.388. The van der Waals surface area contributed by atoms with Crippen molar-refractivity contribution in [3.05, 3.63) is 0 Å². The fourth-order valence-corrected chi connectivity index (χ4v) is 4.12. The predicted octanol–water partition coefficient (Wildman–Crippen LogP) is 3.06. The topological polar surface area (TPSA) is 64.7 Å². The van der Waals surface area contributed by atoms with Gasteiger partial charge in [0.05, 0.1) is 13.2 Å². The molecular weight excluding hydrogens is 375 g/mol. The summed E-state index contributed by atoms with van der Waals surface area (Å²) < 4.78 is 0. The first-order valence-corrected chi connectivity index (χ1v) is 11.2. The third-order valence-corrected chi connectivity index (χ3v) is 6.42. The van der Waals surface area contributed by atoms with Gasteiger partial charge in [0.15, 0.2) is 5.81 Å². The summed E-state index contributed by atoms with van der Waals surface area (Å²) in [6.45, 7) is 23.3. The van der Waals surface area contributed by atoms with Gasteiger partial charge in [0, 0.05) is 16.6 Å². The maximum Gasteiger partial charge on any atom is 0.239 e. The van der Waals surface area contributed by atoms with Crippen molar-refractivity contribution in [2.45, 2.75) is 98.7 Å². The average Bonchev–Trinajstić information content (AvgIpc) is 2.49. The summed E-state index contributed by atoms with van der Waals surface area (Å²) in [5.74, 6) is 0.195. The van der Waals surface area contributed by atoms with Gasteiger partial charge in [0.25, 0.3) is 0 Å². The third kappa shape index (κ3) is 10.3. The molecule has 0 aliphatic heterocycles. The Morgan fingerprint density at radius 2 is 1.43 bits per heavy atom. The van der Waals surface area contributed by atoms with Gasteiger partial charge >= 0.3 is 0 Å². The molecule has 176 valence electrons. The third-order valence-electron chi connectivity index (χ3n) is 6.42. The Bertz CT molecular complexity index is 582. The van der Waals surface area contributed by atoms with Crippen molar-refractivity contribution in [1.82, 2.24) is 20.4 Å². The van der Waals surface area contributed by atoms with E-state index in [-0.39, 0.29) is 34.9 Å². The van der Waals surface area contributed by atoms with E-state index in [2.05, 4.69) is 89.9 Å². The number of carbonyl (C=O) groups excluding carboxylic acids is 2. The van der Waals surface area contributed by atoms with E-state index in [1.165, 1.54) is 14.3 Å². The number of rotatable bonds is 11. The second-order valence-corrected chi connectivity index (χ2v) is 12.2. The molecule has 0 aromatic carbocycles.